The van der Waals surface area contributed by atoms with E-state index in [1.807, 2.05) is 0 Å². The molecule has 0 atom stereocenters. The lowest BCUT2D eigenvalue weighted by Gasteiger charge is -2.33. The molecule has 0 amide bonds. The maximum Gasteiger partial charge on any atom is 0.430 e. The minimum atomic E-state index is -5.96. The molecule has 0 aliphatic carbocycles. The number of aryl methyl sites for hydroxylation is 1. The number of rotatable bonds is 4. The van der Waals surface area contributed by atoms with Gasteiger partial charge >= 0.3 is 18.3 Å². The van der Waals surface area contributed by atoms with Crippen molar-refractivity contribution in [3.8, 4) is 0 Å². The molecule has 0 heterocycles. The van der Waals surface area contributed by atoms with Gasteiger partial charge in [0.1, 0.15) is 0 Å². The molecule has 1 rings (SSSR count). The molecule has 10 heteroatoms. The molecule has 0 aliphatic heterocycles. The lowest BCUT2D eigenvalue weighted by molar-refractivity contribution is -0.376. The molecule has 0 unspecified atom stereocenters. The highest BCUT2D eigenvalue weighted by Gasteiger charge is 2.71. The van der Waals surface area contributed by atoms with Gasteiger partial charge in [-0.25, -0.2) is 0 Å². The molecule has 0 spiro atoms. The third-order valence-electron chi connectivity index (χ3n) is 3.15. The summed E-state index contributed by atoms with van der Waals surface area (Å²) < 4.78 is 80.9. The van der Waals surface area contributed by atoms with Gasteiger partial charge in [-0.15, -0.1) is 12.6 Å². The van der Waals surface area contributed by atoms with Crippen molar-refractivity contribution >= 4 is 18.6 Å². The van der Waals surface area contributed by atoms with Crippen LogP contribution >= 0.6 is 12.6 Å². The van der Waals surface area contributed by atoms with Gasteiger partial charge in [0.25, 0.3) is 5.60 Å². The Labute approximate surface area is 132 Å². The van der Waals surface area contributed by atoms with Gasteiger partial charge in [0, 0.05) is 16.9 Å². The molecule has 0 bridgehead atoms. The molecule has 0 saturated carbocycles. The molecule has 1 aromatic carbocycles. The Hall–Kier alpha value is -1.42. The molecule has 1 aromatic rings. The Morgan fingerprint density at radius 2 is 1.70 bits per heavy atom. The van der Waals surface area contributed by atoms with Crippen molar-refractivity contribution in [3.05, 3.63) is 29.3 Å². The standard InChI is InChI=1S/C13H12F6O3S/c1-22-10(20)5-3-7-2-4-8(6-9(7)23)11(21,12(14,15)16)13(17,18)19/h2,4,6,21,23H,3,5H2,1H3. The minimum absolute atomic E-state index is 0.0161. The highest BCUT2D eigenvalue weighted by atomic mass is 32.1. The van der Waals surface area contributed by atoms with Gasteiger partial charge in [-0.3, -0.25) is 4.79 Å². The first-order chi connectivity index (χ1) is 10.3. The van der Waals surface area contributed by atoms with Crippen molar-refractivity contribution in [2.24, 2.45) is 0 Å². The molecule has 0 radical (unpaired) electrons. The smallest absolute Gasteiger partial charge is 0.430 e. The number of methoxy groups -OCH3 is 1. The fraction of sp³-hybridized carbons (Fsp3) is 0.462. The van der Waals surface area contributed by atoms with E-state index in [1.165, 1.54) is 0 Å². The van der Waals surface area contributed by atoms with Crippen LogP contribution in [0.5, 0.6) is 0 Å². The Bertz CT molecular complexity index is 568. The van der Waals surface area contributed by atoms with Crippen molar-refractivity contribution < 1.29 is 41.0 Å². The highest BCUT2D eigenvalue weighted by molar-refractivity contribution is 7.80. The van der Waals surface area contributed by atoms with Crippen LogP contribution in [0.1, 0.15) is 17.5 Å². The fourth-order valence-corrected chi connectivity index (χ4v) is 2.15. The van der Waals surface area contributed by atoms with Gasteiger partial charge in [0.2, 0.25) is 0 Å². The van der Waals surface area contributed by atoms with E-state index in [0.29, 0.717) is 12.1 Å². The first-order valence-electron chi connectivity index (χ1n) is 6.09. The number of hydrogen-bond acceptors (Lipinski definition) is 4. The van der Waals surface area contributed by atoms with Crippen LogP contribution in [0, 0.1) is 0 Å². The number of benzene rings is 1. The van der Waals surface area contributed by atoms with Crippen molar-refractivity contribution in [2.75, 3.05) is 7.11 Å². The molecule has 0 saturated heterocycles. The Kier molecular flexibility index (Phi) is 5.63. The van der Waals surface area contributed by atoms with E-state index >= 15 is 0 Å². The maximum atomic E-state index is 12.8. The van der Waals surface area contributed by atoms with Crippen LogP contribution in [0.25, 0.3) is 0 Å². The van der Waals surface area contributed by atoms with Gasteiger partial charge < -0.3 is 9.84 Å². The summed E-state index contributed by atoms with van der Waals surface area (Å²) in [5.41, 5.74) is -6.16. The van der Waals surface area contributed by atoms with Crippen molar-refractivity contribution in [1.29, 1.82) is 0 Å². The Morgan fingerprint density at radius 1 is 1.17 bits per heavy atom. The topological polar surface area (TPSA) is 46.5 Å². The van der Waals surface area contributed by atoms with Crippen molar-refractivity contribution in [2.45, 2.75) is 35.7 Å². The number of halogens is 6. The molecular weight excluding hydrogens is 350 g/mol. The van der Waals surface area contributed by atoms with Gasteiger partial charge in [-0.05, 0) is 18.1 Å². The summed E-state index contributed by atoms with van der Waals surface area (Å²) in [6, 6.07) is 1.94. The molecule has 130 valence electrons. The number of alkyl halides is 6. The first kappa shape index (κ1) is 19.6. The zero-order valence-electron chi connectivity index (χ0n) is 11.6. The lowest BCUT2D eigenvalue weighted by Crippen LogP contribution is -2.53. The maximum absolute atomic E-state index is 12.8. The van der Waals surface area contributed by atoms with Crippen LogP contribution in [0.3, 0.4) is 0 Å². The third-order valence-corrected chi connectivity index (χ3v) is 3.57. The van der Waals surface area contributed by atoms with Crippen LogP contribution in [-0.4, -0.2) is 30.5 Å². The number of esters is 1. The fourth-order valence-electron chi connectivity index (χ4n) is 1.83. The summed E-state index contributed by atoms with van der Waals surface area (Å²) >= 11 is 3.82. The van der Waals surface area contributed by atoms with Crippen LogP contribution in [0.4, 0.5) is 26.3 Å². The predicted octanol–water partition coefficient (Wildman–Crippen LogP) is 3.39. The number of carbonyl (C=O) groups excluding carboxylic acids is 1. The molecule has 0 fully saturated rings. The zero-order chi connectivity index (χ0) is 18.1. The highest BCUT2D eigenvalue weighted by Crippen LogP contribution is 2.50. The van der Waals surface area contributed by atoms with Crippen molar-refractivity contribution in [3.63, 3.8) is 0 Å². The monoisotopic (exact) mass is 362 g/mol. The SMILES string of the molecule is COC(=O)CCc1ccc(C(O)(C(F)(F)F)C(F)(F)F)cc1S. The van der Waals surface area contributed by atoms with Crippen LogP contribution in [-0.2, 0) is 21.6 Å². The first-order valence-corrected chi connectivity index (χ1v) is 6.54. The van der Waals surface area contributed by atoms with Crippen LogP contribution < -0.4 is 0 Å². The molecule has 0 aromatic heterocycles. The quantitative estimate of drug-likeness (QED) is 0.490. The second-order valence-corrected chi connectivity index (χ2v) is 5.11. The second kappa shape index (κ2) is 6.60. The van der Waals surface area contributed by atoms with E-state index in [2.05, 4.69) is 17.4 Å². The summed E-state index contributed by atoms with van der Waals surface area (Å²) in [6.45, 7) is 0. The molecule has 23 heavy (non-hydrogen) atoms. The molecule has 3 nitrogen and oxygen atoms in total. The van der Waals surface area contributed by atoms with E-state index in [1.54, 1.807) is 0 Å². The number of carbonyl (C=O) groups is 1. The minimum Gasteiger partial charge on any atom is -0.469 e. The number of hydrogen-bond donors (Lipinski definition) is 2. The summed E-state index contributed by atoms with van der Waals surface area (Å²) in [7, 11) is 1.14. The van der Waals surface area contributed by atoms with Gasteiger partial charge in [-0.2, -0.15) is 26.3 Å². The predicted molar refractivity (Wildman–Crippen MR) is 70.0 cm³/mol. The van der Waals surface area contributed by atoms with E-state index in [4.69, 9.17) is 0 Å². The van der Waals surface area contributed by atoms with E-state index in [0.717, 1.165) is 13.2 Å². The van der Waals surface area contributed by atoms with Gasteiger partial charge in [-0.1, -0.05) is 12.1 Å². The Morgan fingerprint density at radius 3 is 2.09 bits per heavy atom. The zero-order valence-corrected chi connectivity index (χ0v) is 12.5. The average molecular weight is 362 g/mol. The molecule has 0 aliphatic rings. The van der Waals surface area contributed by atoms with Crippen molar-refractivity contribution in [1.82, 2.24) is 0 Å². The molecular formula is C13H12F6O3S. The van der Waals surface area contributed by atoms with Gasteiger partial charge in [0.15, 0.2) is 0 Å². The Balaban J connectivity index is 3.23. The number of aliphatic hydroxyl groups is 1. The summed E-state index contributed by atoms with van der Waals surface area (Å²) in [5, 5.41) is 9.27. The number of thiol groups is 1. The largest absolute Gasteiger partial charge is 0.469 e. The third kappa shape index (κ3) is 3.92. The van der Waals surface area contributed by atoms with Gasteiger partial charge in [0.05, 0.1) is 7.11 Å². The summed E-state index contributed by atoms with van der Waals surface area (Å²) in [6.07, 6.45) is -12.0. The van der Waals surface area contributed by atoms with Crippen LogP contribution in [0.15, 0.2) is 23.1 Å². The second-order valence-electron chi connectivity index (χ2n) is 4.63. The number of ether oxygens (including phenoxy) is 1. The lowest BCUT2D eigenvalue weighted by atomic mass is 9.91. The summed E-state index contributed by atoms with van der Waals surface area (Å²) in [5.74, 6) is -0.594. The average Bonchev–Trinajstić information content (AvgIpc) is 2.42. The summed E-state index contributed by atoms with van der Waals surface area (Å²) in [4.78, 5) is 10.8. The van der Waals surface area contributed by atoms with E-state index in [-0.39, 0.29) is 23.3 Å². The van der Waals surface area contributed by atoms with Crippen LogP contribution in [0.2, 0.25) is 0 Å². The van der Waals surface area contributed by atoms with E-state index in [9.17, 15) is 36.2 Å². The van der Waals surface area contributed by atoms with E-state index < -0.39 is 29.5 Å². The normalized spacial score (nSPS) is 13.1. The molecule has 1 N–H and O–H groups in total.